The van der Waals surface area contributed by atoms with E-state index in [4.69, 9.17) is 23.2 Å². The van der Waals surface area contributed by atoms with Crippen molar-refractivity contribution in [2.45, 2.75) is 19.8 Å². The highest BCUT2D eigenvalue weighted by molar-refractivity contribution is 8.13. The molecular formula is C11H13Cl2NOS. The lowest BCUT2D eigenvalue weighted by Crippen LogP contribution is -2.06. The van der Waals surface area contributed by atoms with Gasteiger partial charge in [-0.25, -0.2) is 0 Å². The van der Waals surface area contributed by atoms with Crippen molar-refractivity contribution in [1.29, 1.82) is 0 Å². The fraction of sp³-hybridized carbons (Fsp3) is 0.364. The second-order valence-corrected chi connectivity index (χ2v) is 5.07. The standard InChI is InChI=1S/C11H13Cl2NOS/c1-2-3-7-16-11(15)14-9-6-4-5-8(12)10(9)13/h4-6H,2-3,7H2,1H3,(H,14,15). The molecule has 0 aliphatic heterocycles. The third kappa shape index (κ3) is 4.24. The minimum absolute atomic E-state index is 0.0994. The fourth-order valence-corrected chi connectivity index (χ4v) is 2.20. The average Bonchev–Trinajstić information content (AvgIpc) is 2.25. The van der Waals surface area contributed by atoms with Gasteiger partial charge in [0.25, 0.3) is 5.24 Å². The van der Waals surface area contributed by atoms with E-state index < -0.39 is 0 Å². The second kappa shape index (κ2) is 7.05. The molecule has 0 spiro atoms. The molecule has 0 radical (unpaired) electrons. The van der Waals surface area contributed by atoms with E-state index in [0.29, 0.717) is 15.7 Å². The van der Waals surface area contributed by atoms with Crippen LogP contribution in [-0.2, 0) is 0 Å². The SMILES string of the molecule is CCCCSC(=O)Nc1cccc(Cl)c1Cl. The van der Waals surface area contributed by atoms with Gasteiger partial charge < -0.3 is 5.32 Å². The molecule has 0 atom stereocenters. The largest absolute Gasteiger partial charge is 0.315 e. The first-order valence-corrected chi connectivity index (χ1v) is 6.77. The Morgan fingerprint density at radius 2 is 2.19 bits per heavy atom. The van der Waals surface area contributed by atoms with E-state index in [9.17, 15) is 4.79 Å². The summed E-state index contributed by atoms with van der Waals surface area (Å²) < 4.78 is 0. The first kappa shape index (κ1) is 13.7. The number of hydrogen-bond donors (Lipinski definition) is 1. The number of benzene rings is 1. The molecule has 0 unspecified atom stereocenters. The number of anilines is 1. The van der Waals surface area contributed by atoms with Crippen LogP contribution >= 0.6 is 35.0 Å². The molecule has 88 valence electrons. The topological polar surface area (TPSA) is 29.1 Å². The highest BCUT2D eigenvalue weighted by Crippen LogP contribution is 2.30. The van der Waals surface area contributed by atoms with Crippen molar-refractivity contribution < 1.29 is 4.79 Å². The van der Waals surface area contributed by atoms with Crippen molar-refractivity contribution >= 4 is 45.9 Å². The van der Waals surface area contributed by atoms with E-state index in [1.165, 1.54) is 11.8 Å². The number of carbonyl (C=O) groups excluding carboxylic acids is 1. The molecule has 5 heteroatoms. The lowest BCUT2D eigenvalue weighted by molar-refractivity contribution is 0.270. The molecule has 16 heavy (non-hydrogen) atoms. The summed E-state index contributed by atoms with van der Waals surface area (Å²) in [6.07, 6.45) is 2.11. The Bertz CT molecular complexity index is 371. The van der Waals surface area contributed by atoms with Gasteiger partial charge in [-0.05, 0) is 18.6 Å². The smallest absolute Gasteiger partial charge is 0.283 e. The summed E-state index contributed by atoms with van der Waals surface area (Å²) in [4.78, 5) is 11.5. The molecular weight excluding hydrogens is 265 g/mol. The van der Waals surface area contributed by atoms with Crippen LogP contribution in [0.1, 0.15) is 19.8 Å². The zero-order valence-electron chi connectivity index (χ0n) is 8.93. The van der Waals surface area contributed by atoms with Crippen LogP contribution in [-0.4, -0.2) is 11.0 Å². The highest BCUT2D eigenvalue weighted by atomic mass is 35.5. The maximum Gasteiger partial charge on any atom is 0.283 e. The van der Waals surface area contributed by atoms with Gasteiger partial charge in [-0.3, -0.25) is 4.79 Å². The number of unbranched alkanes of at least 4 members (excludes halogenated alkanes) is 1. The van der Waals surface area contributed by atoms with E-state index >= 15 is 0 Å². The molecule has 1 N–H and O–H groups in total. The van der Waals surface area contributed by atoms with Gasteiger partial charge >= 0.3 is 0 Å². The fourth-order valence-electron chi connectivity index (χ4n) is 1.06. The molecule has 0 bridgehead atoms. The molecule has 1 rings (SSSR count). The number of thioether (sulfide) groups is 1. The summed E-state index contributed by atoms with van der Waals surface area (Å²) in [7, 11) is 0. The van der Waals surface area contributed by atoms with Gasteiger partial charge in [0, 0.05) is 5.75 Å². The normalized spacial score (nSPS) is 10.2. The zero-order valence-corrected chi connectivity index (χ0v) is 11.3. The molecule has 0 saturated carbocycles. The van der Waals surface area contributed by atoms with E-state index in [1.807, 2.05) is 0 Å². The van der Waals surface area contributed by atoms with Gasteiger partial charge in [-0.15, -0.1) is 0 Å². The monoisotopic (exact) mass is 277 g/mol. The van der Waals surface area contributed by atoms with Crippen molar-refractivity contribution in [3.05, 3.63) is 28.2 Å². The second-order valence-electron chi connectivity index (χ2n) is 3.22. The number of nitrogens with one attached hydrogen (secondary N) is 1. The summed E-state index contributed by atoms with van der Waals surface area (Å²) in [6, 6.07) is 5.16. The molecule has 0 aliphatic rings. The Balaban J connectivity index is 2.53. The highest BCUT2D eigenvalue weighted by Gasteiger charge is 2.07. The molecule has 0 saturated heterocycles. The van der Waals surface area contributed by atoms with Gasteiger partial charge in [0.05, 0.1) is 15.7 Å². The number of rotatable bonds is 4. The van der Waals surface area contributed by atoms with Crippen LogP contribution in [0.3, 0.4) is 0 Å². The molecule has 2 nitrogen and oxygen atoms in total. The van der Waals surface area contributed by atoms with Crippen LogP contribution in [0.4, 0.5) is 10.5 Å². The first-order chi connectivity index (χ1) is 7.65. The summed E-state index contributed by atoms with van der Waals surface area (Å²) in [6.45, 7) is 2.09. The summed E-state index contributed by atoms with van der Waals surface area (Å²) in [5.41, 5.74) is 0.558. The van der Waals surface area contributed by atoms with E-state index in [1.54, 1.807) is 18.2 Å². The molecule has 0 aromatic heterocycles. The van der Waals surface area contributed by atoms with E-state index in [2.05, 4.69) is 12.2 Å². The third-order valence-electron chi connectivity index (χ3n) is 1.92. The van der Waals surface area contributed by atoms with Crippen LogP contribution in [0, 0.1) is 0 Å². The molecule has 1 aromatic rings. The minimum Gasteiger partial charge on any atom is -0.315 e. The predicted octanol–water partition coefficient (Wildman–Crippen LogP) is 5.06. The number of amides is 1. The van der Waals surface area contributed by atoms with Crippen LogP contribution in [0.25, 0.3) is 0 Å². The maximum absolute atomic E-state index is 11.5. The Morgan fingerprint density at radius 1 is 1.44 bits per heavy atom. The molecule has 1 aromatic carbocycles. The van der Waals surface area contributed by atoms with Gasteiger partial charge in [0.1, 0.15) is 0 Å². The summed E-state index contributed by atoms with van der Waals surface area (Å²) in [5.74, 6) is 0.820. The van der Waals surface area contributed by atoms with Crippen molar-refractivity contribution in [2.24, 2.45) is 0 Å². The number of halogens is 2. The third-order valence-corrected chi connectivity index (χ3v) is 3.60. The van der Waals surface area contributed by atoms with E-state index in [0.717, 1.165) is 18.6 Å². The predicted molar refractivity (Wildman–Crippen MR) is 72.8 cm³/mol. The molecule has 0 aliphatic carbocycles. The maximum atomic E-state index is 11.5. The number of hydrogen-bond acceptors (Lipinski definition) is 2. The van der Waals surface area contributed by atoms with Gasteiger partial charge in [0.15, 0.2) is 0 Å². The Labute approximate surface area is 110 Å². The summed E-state index contributed by atoms with van der Waals surface area (Å²) >= 11 is 13.0. The number of carbonyl (C=O) groups is 1. The lowest BCUT2D eigenvalue weighted by atomic mass is 10.3. The van der Waals surface area contributed by atoms with Crippen LogP contribution in [0.2, 0.25) is 10.0 Å². The summed E-state index contributed by atoms with van der Waals surface area (Å²) in [5, 5.41) is 3.44. The molecule has 1 amide bonds. The average molecular weight is 278 g/mol. The van der Waals surface area contributed by atoms with Gasteiger partial charge in [-0.2, -0.15) is 0 Å². The lowest BCUT2D eigenvalue weighted by Gasteiger charge is -2.07. The van der Waals surface area contributed by atoms with Crippen LogP contribution in [0.15, 0.2) is 18.2 Å². The Kier molecular flexibility index (Phi) is 6.03. The van der Waals surface area contributed by atoms with Crippen molar-refractivity contribution in [3.8, 4) is 0 Å². The zero-order chi connectivity index (χ0) is 12.0. The Morgan fingerprint density at radius 3 is 2.88 bits per heavy atom. The first-order valence-electron chi connectivity index (χ1n) is 5.03. The van der Waals surface area contributed by atoms with Crippen molar-refractivity contribution in [2.75, 3.05) is 11.1 Å². The van der Waals surface area contributed by atoms with Gasteiger partial charge in [0.2, 0.25) is 0 Å². The molecule has 0 heterocycles. The van der Waals surface area contributed by atoms with E-state index in [-0.39, 0.29) is 5.24 Å². The quantitative estimate of drug-likeness (QED) is 0.780. The van der Waals surface area contributed by atoms with Crippen LogP contribution < -0.4 is 5.32 Å². The van der Waals surface area contributed by atoms with Crippen LogP contribution in [0.5, 0.6) is 0 Å². The molecule has 0 fully saturated rings. The minimum atomic E-state index is -0.0994. The Hall–Kier alpha value is -0.380. The van der Waals surface area contributed by atoms with Crippen molar-refractivity contribution in [1.82, 2.24) is 0 Å². The van der Waals surface area contributed by atoms with Gasteiger partial charge in [-0.1, -0.05) is 54.4 Å². The van der Waals surface area contributed by atoms with Crippen molar-refractivity contribution in [3.63, 3.8) is 0 Å².